The van der Waals surface area contributed by atoms with E-state index in [-0.39, 0.29) is 28.9 Å². The number of hydrogen-bond acceptors (Lipinski definition) is 9. The third-order valence-electron chi connectivity index (χ3n) is 7.08. The van der Waals surface area contributed by atoms with Gasteiger partial charge in [0.05, 0.1) is 35.0 Å². The first kappa shape index (κ1) is 26.6. The van der Waals surface area contributed by atoms with Crippen molar-refractivity contribution in [1.29, 1.82) is 0 Å². The lowest BCUT2D eigenvalue weighted by Crippen LogP contribution is -2.29. The van der Waals surface area contributed by atoms with Crippen LogP contribution >= 0.6 is 11.3 Å². The van der Waals surface area contributed by atoms with Crippen LogP contribution in [0.15, 0.2) is 60.2 Å². The minimum Gasteiger partial charge on any atom is -0.507 e. The smallest absolute Gasteiger partial charge is 0.301 e. The molecule has 41 heavy (non-hydrogen) atoms. The predicted molar refractivity (Wildman–Crippen MR) is 155 cm³/mol. The minimum absolute atomic E-state index is 0.00392. The first-order valence-corrected chi connectivity index (χ1v) is 14.2. The van der Waals surface area contributed by atoms with Crippen LogP contribution in [0.25, 0.3) is 16.0 Å². The largest absolute Gasteiger partial charge is 0.507 e. The number of Topliss-reactive ketones (excluding diaryl/α,β-unsaturated/α-hetero) is 1. The summed E-state index contributed by atoms with van der Waals surface area (Å²) in [5.74, 6) is -0.434. The molecule has 1 fully saturated rings. The molecule has 2 aliphatic heterocycles. The Hall–Kier alpha value is -4.57. The minimum atomic E-state index is -1.02. The highest BCUT2D eigenvalue weighted by Crippen LogP contribution is 2.46. The number of ketones is 1. The number of anilines is 1. The van der Waals surface area contributed by atoms with Gasteiger partial charge in [-0.15, -0.1) is 0 Å². The number of carbonyl (C=O) groups is 2. The maximum Gasteiger partial charge on any atom is 0.301 e. The van der Waals surface area contributed by atoms with Crippen molar-refractivity contribution in [1.82, 2.24) is 4.98 Å². The number of aliphatic hydroxyl groups is 1. The molecule has 0 aliphatic carbocycles. The highest BCUT2D eigenvalue weighted by atomic mass is 32.1. The van der Waals surface area contributed by atoms with E-state index < -0.39 is 17.7 Å². The molecule has 3 heterocycles. The molecule has 2 aliphatic rings. The van der Waals surface area contributed by atoms with Gasteiger partial charge >= 0.3 is 5.91 Å². The molecule has 4 aromatic rings. The van der Waals surface area contributed by atoms with Crippen molar-refractivity contribution < 1.29 is 34.0 Å². The van der Waals surface area contributed by atoms with Crippen molar-refractivity contribution in [3.05, 3.63) is 76.9 Å². The summed E-state index contributed by atoms with van der Waals surface area (Å²) in [6.07, 6.45) is 0.670. The topological polar surface area (TPSA) is 118 Å². The van der Waals surface area contributed by atoms with Crippen LogP contribution in [0.3, 0.4) is 0 Å². The van der Waals surface area contributed by atoms with E-state index in [1.54, 1.807) is 49.4 Å². The molecule has 1 saturated heterocycles. The van der Waals surface area contributed by atoms with Crippen LogP contribution in [0, 0.1) is 0 Å². The Balaban J connectivity index is 1.53. The summed E-state index contributed by atoms with van der Waals surface area (Å²) >= 11 is 1.24. The first-order chi connectivity index (χ1) is 19.8. The number of aliphatic hydroxyl groups excluding tert-OH is 1. The van der Waals surface area contributed by atoms with Crippen LogP contribution in [0.4, 0.5) is 5.13 Å². The van der Waals surface area contributed by atoms with E-state index in [1.165, 1.54) is 22.3 Å². The van der Waals surface area contributed by atoms with Crippen molar-refractivity contribution >= 4 is 44.1 Å². The van der Waals surface area contributed by atoms with Crippen LogP contribution in [-0.2, 0) is 16.0 Å². The number of phenolic OH excluding ortho intramolecular Hbond substituents is 1. The number of fused-ring (bicyclic) bond motifs is 2. The Morgan fingerprint density at radius 1 is 1.07 bits per heavy atom. The summed E-state index contributed by atoms with van der Waals surface area (Å²) in [6, 6.07) is 14.3. The van der Waals surface area contributed by atoms with Gasteiger partial charge < -0.3 is 24.4 Å². The van der Waals surface area contributed by atoms with Crippen molar-refractivity contribution in [3.8, 4) is 23.0 Å². The van der Waals surface area contributed by atoms with Crippen molar-refractivity contribution in [3.63, 3.8) is 0 Å². The van der Waals surface area contributed by atoms with Crippen LogP contribution in [0.2, 0.25) is 0 Å². The van der Waals surface area contributed by atoms with E-state index >= 15 is 0 Å². The molecule has 0 saturated carbocycles. The van der Waals surface area contributed by atoms with Crippen LogP contribution in [0.1, 0.15) is 43.5 Å². The van der Waals surface area contributed by atoms with Crippen LogP contribution in [-0.4, -0.2) is 46.2 Å². The third kappa shape index (κ3) is 4.63. The summed E-state index contributed by atoms with van der Waals surface area (Å²) in [5.41, 5.74) is 2.34. The average molecular weight is 573 g/mol. The summed E-state index contributed by atoms with van der Waals surface area (Å²) < 4.78 is 17.8. The van der Waals surface area contributed by atoms with Gasteiger partial charge in [-0.2, -0.15) is 0 Å². The molecule has 2 atom stereocenters. The average Bonchev–Trinajstić information content (AvgIpc) is 3.62. The summed E-state index contributed by atoms with van der Waals surface area (Å²) in [4.78, 5) is 33.3. The van der Waals surface area contributed by atoms with E-state index in [0.29, 0.717) is 47.2 Å². The van der Waals surface area contributed by atoms with Gasteiger partial charge in [-0.05, 0) is 80.4 Å². The summed E-state index contributed by atoms with van der Waals surface area (Å²) in [6.45, 7) is 6.44. The Kier molecular flexibility index (Phi) is 6.78. The van der Waals surface area contributed by atoms with Gasteiger partial charge in [0, 0.05) is 12.0 Å². The predicted octanol–water partition coefficient (Wildman–Crippen LogP) is 5.75. The van der Waals surface area contributed by atoms with Crippen molar-refractivity contribution in [2.45, 2.75) is 39.3 Å². The fourth-order valence-electron chi connectivity index (χ4n) is 5.29. The quantitative estimate of drug-likeness (QED) is 0.163. The third-order valence-corrected chi connectivity index (χ3v) is 8.10. The molecule has 0 unspecified atom stereocenters. The molecule has 9 nitrogen and oxygen atoms in total. The lowest BCUT2D eigenvalue weighted by Gasteiger charge is -2.23. The Morgan fingerprint density at radius 3 is 2.66 bits per heavy atom. The fraction of sp³-hybridized carbons (Fsp3) is 0.258. The highest BCUT2D eigenvalue weighted by molar-refractivity contribution is 7.22. The van der Waals surface area contributed by atoms with Crippen molar-refractivity contribution in [2.75, 3.05) is 18.1 Å². The van der Waals surface area contributed by atoms with Crippen molar-refractivity contribution in [2.24, 2.45) is 0 Å². The fourth-order valence-corrected chi connectivity index (χ4v) is 6.31. The SMILES string of the molecule is CCOc1ccc2nc(N3C(=O)C(=O)/C(=C(/O)c4ccc5c(c4)C[C@@H](C)O5)[C@H]3c3ccc(O)c(OCC)c3)sc2c1. The second-order valence-electron chi connectivity index (χ2n) is 9.84. The number of thiazole rings is 1. The molecule has 2 N–H and O–H groups in total. The number of rotatable bonds is 7. The van der Waals surface area contributed by atoms with Crippen LogP contribution in [0.5, 0.6) is 23.0 Å². The zero-order valence-electron chi connectivity index (χ0n) is 22.7. The molecule has 0 bridgehead atoms. The number of amides is 1. The number of phenols is 1. The van der Waals surface area contributed by atoms with Crippen LogP contribution < -0.4 is 19.1 Å². The molecule has 0 radical (unpaired) electrons. The van der Waals surface area contributed by atoms with E-state index in [9.17, 15) is 19.8 Å². The number of carbonyl (C=O) groups excluding carboxylic acids is 2. The van der Waals surface area contributed by atoms with Gasteiger partial charge in [0.25, 0.3) is 5.78 Å². The van der Waals surface area contributed by atoms with Gasteiger partial charge in [-0.1, -0.05) is 17.4 Å². The standard InChI is InChI=1S/C31H28N2O7S/c1-4-38-20-8-9-21-25(15-20)41-31(32-21)33-27(17-6-10-22(34)24(14-17)39-5-2)26(29(36)30(33)37)28(35)18-7-11-23-19(13-18)12-16(3)40-23/h6-11,13-16,27,34-35H,4-5,12H2,1-3H3/b28-26+/t16-,27-/m1/s1. The molecule has 1 aromatic heterocycles. The Morgan fingerprint density at radius 2 is 1.88 bits per heavy atom. The second-order valence-corrected chi connectivity index (χ2v) is 10.9. The van der Waals surface area contributed by atoms with E-state index in [0.717, 1.165) is 16.0 Å². The second kappa shape index (κ2) is 10.4. The highest BCUT2D eigenvalue weighted by Gasteiger charge is 2.48. The number of aromatic hydroxyl groups is 1. The maximum atomic E-state index is 13.7. The Labute approximate surface area is 240 Å². The van der Waals surface area contributed by atoms with E-state index in [2.05, 4.69) is 4.98 Å². The number of ether oxygens (including phenoxy) is 3. The normalized spacial score (nSPS) is 19.4. The van der Waals surface area contributed by atoms with Gasteiger partial charge in [-0.25, -0.2) is 4.98 Å². The number of benzene rings is 3. The molecule has 210 valence electrons. The Bertz CT molecular complexity index is 1730. The lowest BCUT2D eigenvalue weighted by atomic mass is 9.94. The van der Waals surface area contributed by atoms with Gasteiger partial charge in [0.15, 0.2) is 16.6 Å². The van der Waals surface area contributed by atoms with Gasteiger partial charge in [0.1, 0.15) is 23.4 Å². The molecule has 3 aromatic carbocycles. The summed E-state index contributed by atoms with van der Waals surface area (Å²) in [5, 5.41) is 22.2. The maximum absolute atomic E-state index is 13.7. The molecular formula is C31H28N2O7S. The van der Waals surface area contributed by atoms with E-state index in [1.807, 2.05) is 19.9 Å². The molecule has 10 heteroatoms. The zero-order valence-corrected chi connectivity index (χ0v) is 23.5. The molecule has 1 amide bonds. The van der Waals surface area contributed by atoms with E-state index in [4.69, 9.17) is 14.2 Å². The molecule has 6 rings (SSSR count). The molecular weight excluding hydrogens is 544 g/mol. The number of nitrogens with zero attached hydrogens (tertiary/aromatic N) is 2. The van der Waals surface area contributed by atoms with Gasteiger partial charge in [-0.3, -0.25) is 14.5 Å². The lowest BCUT2D eigenvalue weighted by molar-refractivity contribution is -0.132. The molecule has 0 spiro atoms. The number of hydrogen-bond donors (Lipinski definition) is 2. The monoisotopic (exact) mass is 572 g/mol. The van der Waals surface area contributed by atoms with Gasteiger partial charge in [0.2, 0.25) is 0 Å². The first-order valence-electron chi connectivity index (χ1n) is 13.4. The zero-order chi connectivity index (χ0) is 28.8. The number of aromatic nitrogens is 1. The summed E-state index contributed by atoms with van der Waals surface area (Å²) in [7, 11) is 0.